The molecule has 1 aromatic carbocycles. The van der Waals surface area contributed by atoms with Crippen molar-refractivity contribution in [3.63, 3.8) is 0 Å². The van der Waals surface area contributed by atoms with E-state index in [4.69, 9.17) is 9.15 Å². The third-order valence-electron chi connectivity index (χ3n) is 2.19. The SMILES string of the molecule is COc1cc2oc(C(=O)CBr)cc2cc1Br. The van der Waals surface area contributed by atoms with Crippen LogP contribution >= 0.6 is 31.9 Å². The van der Waals surface area contributed by atoms with Gasteiger partial charge < -0.3 is 9.15 Å². The fourth-order valence-corrected chi connectivity index (χ4v) is 2.20. The molecular formula is C11H8Br2O3. The van der Waals surface area contributed by atoms with Crippen LogP contribution in [0.5, 0.6) is 5.75 Å². The summed E-state index contributed by atoms with van der Waals surface area (Å²) in [5.74, 6) is 0.956. The van der Waals surface area contributed by atoms with Gasteiger partial charge in [-0.1, -0.05) is 15.9 Å². The maximum atomic E-state index is 11.4. The number of carbonyl (C=O) groups is 1. The lowest BCUT2D eigenvalue weighted by atomic mass is 10.2. The number of furan rings is 1. The molecule has 3 nitrogen and oxygen atoms in total. The van der Waals surface area contributed by atoms with Gasteiger partial charge in [-0.25, -0.2) is 0 Å². The molecule has 0 aliphatic heterocycles. The summed E-state index contributed by atoms with van der Waals surface area (Å²) >= 11 is 6.49. The lowest BCUT2D eigenvalue weighted by Crippen LogP contribution is -1.96. The van der Waals surface area contributed by atoms with Crippen molar-refractivity contribution in [3.05, 3.63) is 28.4 Å². The van der Waals surface area contributed by atoms with Gasteiger partial charge in [-0.2, -0.15) is 0 Å². The number of ketones is 1. The topological polar surface area (TPSA) is 39.4 Å². The first-order valence-electron chi connectivity index (χ1n) is 4.52. The van der Waals surface area contributed by atoms with Gasteiger partial charge in [-0.15, -0.1) is 0 Å². The highest BCUT2D eigenvalue weighted by atomic mass is 79.9. The van der Waals surface area contributed by atoms with Crippen molar-refractivity contribution in [3.8, 4) is 5.75 Å². The summed E-state index contributed by atoms with van der Waals surface area (Å²) < 4.78 is 11.4. The van der Waals surface area contributed by atoms with Crippen LogP contribution in [-0.2, 0) is 0 Å². The Labute approximate surface area is 109 Å². The number of fused-ring (bicyclic) bond motifs is 1. The molecular weight excluding hydrogens is 340 g/mol. The highest BCUT2D eigenvalue weighted by Gasteiger charge is 2.12. The molecule has 0 radical (unpaired) electrons. The van der Waals surface area contributed by atoms with Crippen molar-refractivity contribution in [2.24, 2.45) is 0 Å². The second-order valence-corrected chi connectivity index (χ2v) is 4.61. The largest absolute Gasteiger partial charge is 0.495 e. The Kier molecular flexibility index (Phi) is 3.35. The van der Waals surface area contributed by atoms with E-state index in [1.165, 1.54) is 0 Å². The average molecular weight is 348 g/mol. The third-order valence-corrected chi connectivity index (χ3v) is 3.32. The first kappa shape index (κ1) is 11.7. The van der Waals surface area contributed by atoms with Crippen LogP contribution in [0.25, 0.3) is 11.0 Å². The Morgan fingerprint density at radius 1 is 1.44 bits per heavy atom. The number of carbonyl (C=O) groups excluding carboxylic acids is 1. The Morgan fingerprint density at radius 2 is 2.19 bits per heavy atom. The summed E-state index contributed by atoms with van der Waals surface area (Å²) in [6.07, 6.45) is 0. The van der Waals surface area contributed by atoms with Crippen LogP contribution in [-0.4, -0.2) is 18.2 Å². The lowest BCUT2D eigenvalue weighted by molar-refractivity contribution is 0.0995. The normalized spacial score (nSPS) is 10.7. The van der Waals surface area contributed by atoms with E-state index in [1.54, 1.807) is 19.2 Å². The van der Waals surface area contributed by atoms with Gasteiger partial charge >= 0.3 is 0 Å². The molecule has 0 spiro atoms. The fourth-order valence-electron chi connectivity index (χ4n) is 1.40. The molecule has 16 heavy (non-hydrogen) atoms. The summed E-state index contributed by atoms with van der Waals surface area (Å²) in [6, 6.07) is 5.34. The van der Waals surface area contributed by atoms with E-state index in [2.05, 4.69) is 31.9 Å². The summed E-state index contributed by atoms with van der Waals surface area (Å²) in [7, 11) is 1.58. The Balaban J connectivity index is 2.58. The third kappa shape index (κ3) is 2.01. The van der Waals surface area contributed by atoms with Crippen LogP contribution in [0.4, 0.5) is 0 Å². The molecule has 0 unspecified atom stereocenters. The van der Waals surface area contributed by atoms with Gasteiger partial charge in [0.05, 0.1) is 16.9 Å². The van der Waals surface area contributed by atoms with Crippen LogP contribution in [0.3, 0.4) is 0 Å². The van der Waals surface area contributed by atoms with Gasteiger partial charge in [0.15, 0.2) is 5.76 Å². The smallest absolute Gasteiger partial charge is 0.208 e. The molecule has 1 heterocycles. The van der Waals surface area contributed by atoms with Gasteiger partial charge in [0.2, 0.25) is 5.78 Å². The summed E-state index contributed by atoms with van der Waals surface area (Å²) in [5.41, 5.74) is 0.643. The maximum absolute atomic E-state index is 11.4. The number of rotatable bonds is 3. The summed E-state index contributed by atoms with van der Waals surface area (Å²) in [5, 5.41) is 1.13. The molecule has 0 amide bonds. The van der Waals surface area contributed by atoms with Crippen molar-refractivity contribution >= 4 is 48.6 Å². The average Bonchev–Trinajstić information content (AvgIpc) is 2.69. The summed E-state index contributed by atoms with van der Waals surface area (Å²) in [4.78, 5) is 11.4. The van der Waals surface area contributed by atoms with E-state index in [0.717, 1.165) is 9.86 Å². The van der Waals surface area contributed by atoms with E-state index in [-0.39, 0.29) is 11.1 Å². The van der Waals surface area contributed by atoms with Crippen LogP contribution in [0.2, 0.25) is 0 Å². The van der Waals surface area contributed by atoms with Gasteiger partial charge in [-0.3, -0.25) is 4.79 Å². The number of Topliss-reactive ketones (excluding diaryl/α,β-unsaturated/α-hetero) is 1. The number of halogens is 2. The molecule has 2 rings (SSSR count). The Morgan fingerprint density at radius 3 is 2.81 bits per heavy atom. The van der Waals surface area contributed by atoms with Gasteiger partial charge in [0, 0.05) is 11.5 Å². The van der Waals surface area contributed by atoms with Crippen LogP contribution in [0.15, 0.2) is 27.1 Å². The zero-order valence-corrected chi connectivity index (χ0v) is 11.6. The maximum Gasteiger partial charge on any atom is 0.208 e. The highest BCUT2D eigenvalue weighted by Crippen LogP contribution is 2.32. The number of methoxy groups -OCH3 is 1. The second kappa shape index (κ2) is 4.59. The van der Waals surface area contributed by atoms with E-state index >= 15 is 0 Å². The van der Waals surface area contributed by atoms with Gasteiger partial charge in [0.25, 0.3) is 0 Å². The summed E-state index contributed by atoms with van der Waals surface area (Å²) in [6.45, 7) is 0. The molecule has 0 N–H and O–H groups in total. The van der Waals surface area contributed by atoms with Gasteiger partial charge in [-0.05, 0) is 28.1 Å². The minimum Gasteiger partial charge on any atom is -0.495 e. The van der Waals surface area contributed by atoms with Crippen molar-refractivity contribution < 1.29 is 13.9 Å². The Hall–Kier alpha value is -0.810. The van der Waals surface area contributed by atoms with Gasteiger partial charge in [0.1, 0.15) is 11.3 Å². The minimum atomic E-state index is -0.0775. The fraction of sp³-hybridized carbons (Fsp3) is 0.182. The molecule has 1 aromatic heterocycles. The monoisotopic (exact) mass is 346 g/mol. The Bertz CT molecular complexity index is 545. The molecule has 5 heteroatoms. The van der Waals surface area contributed by atoms with Crippen molar-refractivity contribution in [1.29, 1.82) is 0 Å². The predicted molar refractivity (Wildman–Crippen MR) is 68.6 cm³/mol. The zero-order chi connectivity index (χ0) is 11.7. The number of alkyl halides is 1. The molecule has 0 aliphatic carbocycles. The second-order valence-electron chi connectivity index (χ2n) is 3.19. The number of benzene rings is 1. The molecule has 0 atom stereocenters. The molecule has 2 aromatic rings. The standard InChI is InChI=1S/C11H8Br2O3/c1-15-10-4-9-6(2-7(10)13)3-11(16-9)8(14)5-12/h2-4H,5H2,1H3. The predicted octanol–water partition coefficient (Wildman–Crippen LogP) is 3.78. The van der Waals surface area contributed by atoms with Crippen molar-refractivity contribution in [2.45, 2.75) is 0 Å². The van der Waals surface area contributed by atoms with Crippen LogP contribution in [0.1, 0.15) is 10.6 Å². The lowest BCUT2D eigenvalue weighted by Gasteiger charge is -2.01. The van der Waals surface area contributed by atoms with Crippen molar-refractivity contribution in [1.82, 2.24) is 0 Å². The van der Waals surface area contributed by atoms with Crippen LogP contribution in [0, 0.1) is 0 Å². The number of ether oxygens (including phenoxy) is 1. The molecule has 0 saturated carbocycles. The molecule has 0 fully saturated rings. The molecule has 84 valence electrons. The first-order valence-corrected chi connectivity index (χ1v) is 6.43. The van der Waals surface area contributed by atoms with Crippen molar-refractivity contribution in [2.75, 3.05) is 12.4 Å². The first-order chi connectivity index (χ1) is 7.65. The van der Waals surface area contributed by atoms with E-state index in [1.807, 2.05) is 6.07 Å². The zero-order valence-electron chi connectivity index (χ0n) is 8.42. The molecule has 0 bridgehead atoms. The number of hydrogen-bond acceptors (Lipinski definition) is 3. The highest BCUT2D eigenvalue weighted by molar-refractivity contribution is 9.10. The quantitative estimate of drug-likeness (QED) is 0.626. The minimum absolute atomic E-state index is 0.0775. The van der Waals surface area contributed by atoms with E-state index < -0.39 is 0 Å². The molecule has 0 saturated heterocycles. The molecule has 0 aliphatic rings. The van der Waals surface area contributed by atoms with E-state index in [0.29, 0.717) is 17.1 Å². The number of hydrogen-bond donors (Lipinski definition) is 0. The van der Waals surface area contributed by atoms with E-state index in [9.17, 15) is 4.79 Å². The van der Waals surface area contributed by atoms with Crippen LogP contribution < -0.4 is 4.74 Å².